The Labute approximate surface area is 161 Å². The van der Waals surface area contributed by atoms with Gasteiger partial charge in [0.05, 0.1) is 16.7 Å². The van der Waals surface area contributed by atoms with E-state index in [0.29, 0.717) is 12.1 Å². The minimum atomic E-state index is -1.13. The molecule has 2 rings (SSSR count). The van der Waals surface area contributed by atoms with Crippen LogP contribution in [0.5, 0.6) is 11.5 Å². The summed E-state index contributed by atoms with van der Waals surface area (Å²) in [5.41, 5.74) is 12.4. The second-order valence-corrected chi connectivity index (χ2v) is 6.25. The van der Waals surface area contributed by atoms with Gasteiger partial charge in [-0.15, -0.1) is 0 Å². The van der Waals surface area contributed by atoms with Crippen molar-refractivity contribution in [1.82, 2.24) is 4.90 Å². The number of anilines is 2. The molecule has 10 heteroatoms. The van der Waals surface area contributed by atoms with Crippen molar-refractivity contribution in [2.24, 2.45) is 0 Å². The van der Waals surface area contributed by atoms with Crippen molar-refractivity contribution in [3.8, 4) is 11.5 Å². The number of ether oxygens (including phenoxy) is 1. The SMILES string of the molecule is C[C@@H](O)CN(CCc1ccc(N)c(Oc2cccc([N+](=O)[O-])c2N)c1)C(=O)O. The zero-order chi connectivity index (χ0) is 20.8. The average molecular weight is 390 g/mol. The molecule has 2 aromatic rings. The van der Waals surface area contributed by atoms with E-state index in [2.05, 4.69) is 0 Å². The van der Waals surface area contributed by atoms with Gasteiger partial charge in [-0.05, 0) is 37.1 Å². The highest BCUT2D eigenvalue weighted by atomic mass is 16.6. The molecule has 0 saturated heterocycles. The number of rotatable bonds is 8. The van der Waals surface area contributed by atoms with Gasteiger partial charge in [0.25, 0.3) is 5.69 Å². The molecular weight excluding hydrogens is 368 g/mol. The van der Waals surface area contributed by atoms with Gasteiger partial charge in [-0.2, -0.15) is 0 Å². The van der Waals surface area contributed by atoms with E-state index < -0.39 is 17.1 Å². The summed E-state index contributed by atoms with van der Waals surface area (Å²) < 4.78 is 5.67. The summed E-state index contributed by atoms with van der Waals surface area (Å²) in [6.07, 6.45) is -1.55. The van der Waals surface area contributed by atoms with Gasteiger partial charge in [0.15, 0.2) is 17.2 Å². The lowest BCUT2D eigenvalue weighted by Gasteiger charge is -2.21. The minimum Gasteiger partial charge on any atom is -0.465 e. The molecule has 0 aliphatic rings. The molecule has 0 unspecified atom stereocenters. The molecule has 0 spiro atoms. The zero-order valence-electron chi connectivity index (χ0n) is 15.2. The highest BCUT2D eigenvalue weighted by Gasteiger charge is 2.17. The number of benzene rings is 2. The largest absolute Gasteiger partial charge is 0.465 e. The van der Waals surface area contributed by atoms with Crippen LogP contribution in [0.1, 0.15) is 12.5 Å². The predicted octanol–water partition coefficient (Wildman–Crippen LogP) is 2.45. The van der Waals surface area contributed by atoms with Crippen molar-refractivity contribution >= 4 is 23.2 Å². The van der Waals surface area contributed by atoms with E-state index in [4.69, 9.17) is 16.2 Å². The van der Waals surface area contributed by atoms with E-state index in [1.165, 1.54) is 25.1 Å². The maximum Gasteiger partial charge on any atom is 0.407 e. The lowest BCUT2D eigenvalue weighted by molar-refractivity contribution is -0.383. The molecule has 2 aromatic carbocycles. The topological polar surface area (TPSA) is 165 Å². The van der Waals surface area contributed by atoms with Crippen LogP contribution in [0.2, 0.25) is 0 Å². The number of carbonyl (C=O) groups is 1. The van der Waals surface area contributed by atoms with Gasteiger partial charge in [0, 0.05) is 19.2 Å². The van der Waals surface area contributed by atoms with E-state index >= 15 is 0 Å². The summed E-state index contributed by atoms with van der Waals surface area (Å²) in [6, 6.07) is 9.15. The molecule has 10 nitrogen and oxygen atoms in total. The van der Waals surface area contributed by atoms with E-state index in [0.717, 1.165) is 10.5 Å². The van der Waals surface area contributed by atoms with Gasteiger partial charge in [-0.1, -0.05) is 12.1 Å². The summed E-state index contributed by atoms with van der Waals surface area (Å²) in [4.78, 5) is 22.8. The summed E-state index contributed by atoms with van der Waals surface area (Å²) in [5.74, 6) is 0.349. The van der Waals surface area contributed by atoms with E-state index in [1.807, 2.05) is 0 Å². The van der Waals surface area contributed by atoms with Crippen LogP contribution in [0.25, 0.3) is 0 Å². The van der Waals surface area contributed by atoms with E-state index in [9.17, 15) is 25.1 Å². The maximum atomic E-state index is 11.2. The Morgan fingerprint density at radius 2 is 2.00 bits per heavy atom. The van der Waals surface area contributed by atoms with E-state index in [1.54, 1.807) is 18.2 Å². The first-order valence-corrected chi connectivity index (χ1v) is 8.44. The smallest absolute Gasteiger partial charge is 0.407 e. The Kier molecular flexibility index (Phi) is 6.61. The molecule has 1 atom stereocenters. The third kappa shape index (κ3) is 5.24. The number of nitrogens with two attached hydrogens (primary N) is 2. The Balaban J connectivity index is 2.19. The summed E-state index contributed by atoms with van der Waals surface area (Å²) in [5, 5.41) is 29.6. The highest BCUT2D eigenvalue weighted by Crippen LogP contribution is 2.36. The number of hydrogen-bond donors (Lipinski definition) is 4. The Bertz CT molecular complexity index is 871. The van der Waals surface area contributed by atoms with Crippen LogP contribution in [0.4, 0.5) is 21.9 Å². The van der Waals surface area contributed by atoms with Gasteiger partial charge in [-0.3, -0.25) is 10.1 Å². The average Bonchev–Trinajstić information content (AvgIpc) is 2.62. The van der Waals surface area contributed by atoms with Gasteiger partial charge < -0.3 is 31.3 Å². The van der Waals surface area contributed by atoms with Gasteiger partial charge >= 0.3 is 6.09 Å². The maximum absolute atomic E-state index is 11.2. The van der Waals surface area contributed by atoms with Crippen LogP contribution >= 0.6 is 0 Å². The molecule has 0 saturated carbocycles. The van der Waals surface area contributed by atoms with Crippen molar-refractivity contribution < 1.29 is 24.7 Å². The molecule has 150 valence electrons. The first-order chi connectivity index (χ1) is 13.2. The molecule has 0 aromatic heterocycles. The fraction of sp³-hybridized carbons (Fsp3) is 0.278. The normalized spacial score (nSPS) is 11.6. The highest BCUT2D eigenvalue weighted by molar-refractivity contribution is 5.68. The summed E-state index contributed by atoms with van der Waals surface area (Å²) in [7, 11) is 0. The van der Waals surface area contributed by atoms with Crippen molar-refractivity contribution in [2.45, 2.75) is 19.4 Å². The predicted molar refractivity (Wildman–Crippen MR) is 103 cm³/mol. The summed E-state index contributed by atoms with van der Waals surface area (Å²) in [6.45, 7) is 1.68. The monoisotopic (exact) mass is 390 g/mol. The summed E-state index contributed by atoms with van der Waals surface area (Å²) >= 11 is 0. The fourth-order valence-electron chi connectivity index (χ4n) is 2.57. The molecule has 0 radical (unpaired) electrons. The minimum absolute atomic E-state index is 0.00210. The Hall–Kier alpha value is -3.53. The molecule has 0 aliphatic carbocycles. The van der Waals surface area contributed by atoms with Crippen LogP contribution in [-0.4, -0.2) is 45.3 Å². The van der Waals surface area contributed by atoms with Crippen LogP contribution in [0.15, 0.2) is 36.4 Å². The second kappa shape index (κ2) is 8.91. The number of nitrogens with zero attached hydrogens (tertiary/aromatic N) is 2. The number of nitro benzene ring substituents is 1. The van der Waals surface area contributed by atoms with Gasteiger partial charge in [0.1, 0.15) is 0 Å². The van der Waals surface area contributed by atoms with Crippen LogP contribution in [0, 0.1) is 10.1 Å². The first-order valence-electron chi connectivity index (χ1n) is 8.44. The molecule has 0 heterocycles. The molecule has 0 bridgehead atoms. The number of nitro groups is 1. The third-order valence-electron chi connectivity index (χ3n) is 3.96. The Morgan fingerprint density at radius 1 is 1.29 bits per heavy atom. The Morgan fingerprint density at radius 3 is 2.61 bits per heavy atom. The first kappa shape index (κ1) is 20.8. The fourth-order valence-corrected chi connectivity index (χ4v) is 2.57. The van der Waals surface area contributed by atoms with Crippen LogP contribution in [-0.2, 0) is 6.42 Å². The number of hydrogen-bond acceptors (Lipinski definition) is 7. The standard InChI is InChI=1S/C18H22N4O6/c1-11(23)10-21(18(24)25)8-7-12-5-6-13(19)16(9-12)28-15-4-2-3-14(17(15)20)22(26)27/h2-6,9,11,23H,7-8,10,19-20H2,1H3,(H,24,25)/t11-/m1/s1. The van der Waals surface area contributed by atoms with Gasteiger partial charge in [0.2, 0.25) is 0 Å². The molecule has 1 amide bonds. The third-order valence-corrected chi connectivity index (χ3v) is 3.96. The molecular formula is C18H22N4O6. The zero-order valence-corrected chi connectivity index (χ0v) is 15.2. The second-order valence-electron chi connectivity index (χ2n) is 6.25. The molecule has 6 N–H and O–H groups in total. The van der Waals surface area contributed by atoms with Crippen molar-refractivity contribution in [3.63, 3.8) is 0 Å². The van der Waals surface area contributed by atoms with Crippen molar-refractivity contribution in [2.75, 3.05) is 24.6 Å². The van der Waals surface area contributed by atoms with E-state index in [-0.39, 0.29) is 36.0 Å². The van der Waals surface area contributed by atoms with Crippen LogP contribution in [0.3, 0.4) is 0 Å². The molecule has 28 heavy (non-hydrogen) atoms. The molecule has 0 aliphatic heterocycles. The van der Waals surface area contributed by atoms with Crippen LogP contribution < -0.4 is 16.2 Å². The number of aliphatic hydroxyl groups excluding tert-OH is 1. The number of aliphatic hydroxyl groups is 1. The number of amides is 1. The van der Waals surface area contributed by atoms with Crippen molar-refractivity contribution in [1.29, 1.82) is 0 Å². The number of para-hydroxylation sites is 1. The molecule has 0 fully saturated rings. The van der Waals surface area contributed by atoms with Crippen molar-refractivity contribution in [3.05, 3.63) is 52.1 Å². The lowest BCUT2D eigenvalue weighted by atomic mass is 10.1. The number of nitrogen functional groups attached to an aromatic ring is 2. The quantitative estimate of drug-likeness (QED) is 0.303. The number of carboxylic acid groups (broad SMARTS) is 1. The lowest BCUT2D eigenvalue weighted by Crippen LogP contribution is -2.36. The van der Waals surface area contributed by atoms with Gasteiger partial charge in [-0.25, -0.2) is 4.79 Å².